The highest BCUT2D eigenvalue weighted by Crippen LogP contribution is 2.34. The molecule has 3 rings (SSSR count). The number of carboxylic acid groups (broad SMARTS) is 1. The number of carbonyl (C=O) groups is 3. The molecule has 8 heteroatoms. The van der Waals surface area contributed by atoms with Gasteiger partial charge in [-0.3, -0.25) is 14.4 Å². The van der Waals surface area contributed by atoms with E-state index in [4.69, 9.17) is 4.74 Å². The van der Waals surface area contributed by atoms with E-state index in [-0.39, 0.29) is 24.5 Å². The highest BCUT2D eigenvalue weighted by atomic mass is 79.9. The van der Waals surface area contributed by atoms with Gasteiger partial charge in [-0.05, 0) is 40.9 Å². The van der Waals surface area contributed by atoms with Gasteiger partial charge in [-0.1, -0.05) is 6.42 Å². The van der Waals surface area contributed by atoms with Crippen LogP contribution in [0.2, 0.25) is 0 Å². The standard InChI is InChI=1S/C15H15BrN2O5/c16-9-5-11-12(23-6-13(19)17-11)4-8(9)14(20)18-10-3-1-2-7(10)15(21)22/h4-5,7,10H,1-3,6H2,(H,17,19)(H,18,20)(H,21,22)/t7-,10+/m1/s1. The van der Waals surface area contributed by atoms with E-state index in [1.807, 2.05) is 0 Å². The second-order valence-corrected chi connectivity index (χ2v) is 6.47. The average molecular weight is 383 g/mol. The summed E-state index contributed by atoms with van der Waals surface area (Å²) >= 11 is 3.31. The Bertz CT molecular complexity index is 691. The molecule has 1 saturated carbocycles. The van der Waals surface area contributed by atoms with Crippen LogP contribution in [0.5, 0.6) is 5.75 Å². The van der Waals surface area contributed by atoms with Gasteiger partial charge in [-0.25, -0.2) is 0 Å². The summed E-state index contributed by atoms with van der Waals surface area (Å²) in [6.45, 7) is -0.0978. The molecule has 2 atom stereocenters. The Morgan fingerprint density at radius 2 is 2.13 bits per heavy atom. The van der Waals surface area contributed by atoms with Gasteiger partial charge >= 0.3 is 5.97 Å². The first-order valence-corrected chi connectivity index (χ1v) is 8.05. The number of amides is 2. The maximum Gasteiger partial charge on any atom is 0.308 e. The van der Waals surface area contributed by atoms with E-state index in [1.54, 1.807) is 12.1 Å². The molecule has 0 spiro atoms. The van der Waals surface area contributed by atoms with Crippen LogP contribution in [0.15, 0.2) is 16.6 Å². The second-order valence-electron chi connectivity index (χ2n) is 5.62. The first kappa shape index (κ1) is 15.8. The molecule has 3 N–H and O–H groups in total. The van der Waals surface area contributed by atoms with Crippen molar-refractivity contribution in [2.75, 3.05) is 11.9 Å². The molecule has 1 fully saturated rings. The largest absolute Gasteiger partial charge is 0.482 e. The number of aliphatic carboxylic acids is 1. The Morgan fingerprint density at radius 1 is 1.35 bits per heavy atom. The number of hydrogen-bond acceptors (Lipinski definition) is 4. The maximum absolute atomic E-state index is 12.5. The molecule has 0 bridgehead atoms. The van der Waals surface area contributed by atoms with E-state index in [2.05, 4.69) is 26.6 Å². The average Bonchev–Trinajstić information content (AvgIpc) is 2.94. The lowest BCUT2D eigenvalue weighted by molar-refractivity contribution is -0.142. The second kappa shape index (κ2) is 6.19. The van der Waals surface area contributed by atoms with E-state index in [0.717, 1.165) is 6.42 Å². The van der Waals surface area contributed by atoms with Crippen LogP contribution < -0.4 is 15.4 Å². The van der Waals surface area contributed by atoms with E-state index in [9.17, 15) is 19.5 Å². The molecule has 1 aliphatic heterocycles. The molecule has 122 valence electrons. The lowest BCUT2D eigenvalue weighted by Crippen LogP contribution is -2.40. The van der Waals surface area contributed by atoms with Crippen molar-refractivity contribution in [2.24, 2.45) is 5.92 Å². The molecule has 0 radical (unpaired) electrons. The zero-order chi connectivity index (χ0) is 16.6. The summed E-state index contributed by atoms with van der Waals surface area (Å²) in [5.74, 6) is -1.64. The predicted molar refractivity (Wildman–Crippen MR) is 84.5 cm³/mol. The fraction of sp³-hybridized carbons (Fsp3) is 0.400. The molecule has 1 aliphatic carbocycles. The zero-order valence-electron chi connectivity index (χ0n) is 12.1. The van der Waals surface area contributed by atoms with Gasteiger partial charge in [0.1, 0.15) is 5.75 Å². The van der Waals surface area contributed by atoms with Crippen LogP contribution in [0.25, 0.3) is 0 Å². The molecule has 0 saturated heterocycles. The summed E-state index contributed by atoms with van der Waals surface area (Å²) in [4.78, 5) is 35.0. The minimum Gasteiger partial charge on any atom is -0.482 e. The summed E-state index contributed by atoms with van der Waals surface area (Å²) in [5.41, 5.74) is 0.838. The third kappa shape index (κ3) is 3.17. The molecule has 0 aromatic heterocycles. The Morgan fingerprint density at radius 3 is 2.87 bits per heavy atom. The number of hydrogen-bond donors (Lipinski definition) is 3. The van der Waals surface area contributed by atoms with Gasteiger partial charge in [0.25, 0.3) is 11.8 Å². The van der Waals surface area contributed by atoms with Gasteiger partial charge in [-0.2, -0.15) is 0 Å². The summed E-state index contributed by atoms with van der Waals surface area (Å²) < 4.78 is 5.81. The van der Waals surface area contributed by atoms with Gasteiger partial charge in [0.05, 0.1) is 17.2 Å². The molecule has 1 aromatic carbocycles. The number of nitrogens with one attached hydrogen (secondary N) is 2. The predicted octanol–water partition coefficient (Wildman–Crippen LogP) is 1.76. The molecular formula is C15H15BrN2O5. The number of carbonyl (C=O) groups excluding carboxylic acids is 2. The van der Waals surface area contributed by atoms with Gasteiger partial charge in [-0.15, -0.1) is 0 Å². The van der Waals surface area contributed by atoms with Crippen LogP contribution in [-0.2, 0) is 9.59 Å². The molecule has 2 amide bonds. The summed E-state index contributed by atoms with van der Waals surface area (Å²) in [6.07, 6.45) is 2.00. The zero-order valence-corrected chi connectivity index (χ0v) is 13.7. The normalized spacial score (nSPS) is 22.7. The molecule has 7 nitrogen and oxygen atoms in total. The van der Waals surface area contributed by atoms with Gasteiger partial charge < -0.3 is 20.5 Å². The molecule has 2 aliphatic rings. The number of benzene rings is 1. The lowest BCUT2D eigenvalue weighted by Gasteiger charge is -2.21. The number of fused-ring (bicyclic) bond motifs is 1. The van der Waals surface area contributed by atoms with Crippen LogP contribution >= 0.6 is 15.9 Å². The summed E-state index contributed by atoms with van der Waals surface area (Å²) in [7, 11) is 0. The molecule has 23 heavy (non-hydrogen) atoms. The van der Waals surface area contributed by atoms with Crippen molar-refractivity contribution >= 4 is 39.4 Å². The van der Waals surface area contributed by atoms with E-state index >= 15 is 0 Å². The third-order valence-corrected chi connectivity index (χ3v) is 4.75. The minimum absolute atomic E-state index is 0.0978. The van der Waals surface area contributed by atoms with Gasteiger partial charge in [0.2, 0.25) is 0 Å². The highest BCUT2D eigenvalue weighted by Gasteiger charge is 2.34. The van der Waals surface area contributed by atoms with E-state index < -0.39 is 11.9 Å². The first-order valence-electron chi connectivity index (χ1n) is 7.25. The van der Waals surface area contributed by atoms with E-state index in [0.29, 0.717) is 34.3 Å². The van der Waals surface area contributed by atoms with Crippen molar-refractivity contribution in [1.82, 2.24) is 5.32 Å². The van der Waals surface area contributed by atoms with Crippen LogP contribution in [-0.4, -0.2) is 35.5 Å². The van der Waals surface area contributed by atoms with Crippen molar-refractivity contribution in [3.05, 3.63) is 22.2 Å². The number of rotatable bonds is 3. The van der Waals surface area contributed by atoms with Crippen LogP contribution in [0, 0.1) is 5.92 Å². The summed E-state index contributed by atoms with van der Waals surface area (Å²) in [6, 6.07) is 2.77. The Balaban J connectivity index is 1.80. The molecule has 1 aromatic rings. The Hall–Kier alpha value is -2.09. The smallest absolute Gasteiger partial charge is 0.308 e. The number of halogens is 1. The maximum atomic E-state index is 12.5. The SMILES string of the molecule is O=C1COc2cc(C(=O)N[C@H]3CCC[C@H]3C(=O)O)c(Br)cc2N1. The van der Waals surface area contributed by atoms with Crippen molar-refractivity contribution in [3.8, 4) is 5.75 Å². The molecule has 1 heterocycles. The number of carboxylic acids is 1. The lowest BCUT2D eigenvalue weighted by atomic mass is 10.0. The highest BCUT2D eigenvalue weighted by molar-refractivity contribution is 9.10. The van der Waals surface area contributed by atoms with Crippen LogP contribution in [0.1, 0.15) is 29.6 Å². The fourth-order valence-electron chi connectivity index (χ4n) is 2.95. The quantitative estimate of drug-likeness (QED) is 0.738. The third-order valence-electron chi connectivity index (χ3n) is 4.10. The molecular weight excluding hydrogens is 368 g/mol. The molecule has 0 unspecified atom stereocenters. The Kier molecular flexibility index (Phi) is 4.25. The van der Waals surface area contributed by atoms with Crippen LogP contribution in [0.3, 0.4) is 0 Å². The monoisotopic (exact) mass is 382 g/mol. The van der Waals surface area contributed by atoms with Crippen molar-refractivity contribution in [2.45, 2.75) is 25.3 Å². The van der Waals surface area contributed by atoms with Crippen LogP contribution in [0.4, 0.5) is 5.69 Å². The van der Waals surface area contributed by atoms with Crippen molar-refractivity contribution in [1.29, 1.82) is 0 Å². The summed E-state index contributed by atoms with van der Waals surface area (Å²) in [5, 5.41) is 14.6. The topological polar surface area (TPSA) is 105 Å². The van der Waals surface area contributed by atoms with Gasteiger partial charge in [0, 0.05) is 10.5 Å². The number of ether oxygens (including phenoxy) is 1. The Labute approximate surface area is 140 Å². The van der Waals surface area contributed by atoms with Crippen molar-refractivity contribution in [3.63, 3.8) is 0 Å². The minimum atomic E-state index is -0.886. The number of anilines is 1. The first-order chi connectivity index (χ1) is 11.0. The van der Waals surface area contributed by atoms with E-state index in [1.165, 1.54) is 0 Å². The van der Waals surface area contributed by atoms with Crippen molar-refractivity contribution < 1.29 is 24.2 Å². The fourth-order valence-corrected chi connectivity index (χ4v) is 3.47. The van der Waals surface area contributed by atoms with Gasteiger partial charge in [0.15, 0.2) is 6.61 Å².